The summed E-state index contributed by atoms with van der Waals surface area (Å²) in [5.74, 6) is -0.608. The fourth-order valence-corrected chi connectivity index (χ4v) is 1.47. The van der Waals surface area contributed by atoms with Gasteiger partial charge in [0.05, 0.1) is 12.0 Å². The second-order valence-corrected chi connectivity index (χ2v) is 3.40. The van der Waals surface area contributed by atoms with Crippen LogP contribution in [0.5, 0.6) is 0 Å². The highest BCUT2D eigenvalue weighted by molar-refractivity contribution is 5.27. The summed E-state index contributed by atoms with van der Waals surface area (Å²) < 4.78 is 43.7. The van der Waals surface area contributed by atoms with Gasteiger partial charge in [0.15, 0.2) is 5.76 Å². The van der Waals surface area contributed by atoms with Crippen molar-refractivity contribution < 1.29 is 22.7 Å². The quantitative estimate of drug-likeness (QED) is 0.881. The average molecular weight is 243 g/mol. The monoisotopic (exact) mass is 243 g/mol. The SMILES string of the molecule is OC(c1ccccn1)(c1ccco1)C(F)(F)F. The fourth-order valence-electron chi connectivity index (χ4n) is 1.47. The minimum Gasteiger partial charge on any atom is -0.465 e. The molecule has 2 rings (SSSR count). The van der Waals surface area contributed by atoms with E-state index in [4.69, 9.17) is 0 Å². The Bertz CT molecular complexity index is 481. The van der Waals surface area contributed by atoms with E-state index < -0.39 is 23.2 Å². The van der Waals surface area contributed by atoms with E-state index >= 15 is 0 Å². The maximum Gasteiger partial charge on any atom is 0.430 e. The number of hydrogen-bond donors (Lipinski definition) is 1. The molecule has 0 aromatic carbocycles. The van der Waals surface area contributed by atoms with Gasteiger partial charge in [-0.15, -0.1) is 0 Å². The van der Waals surface area contributed by atoms with Gasteiger partial charge in [-0.2, -0.15) is 13.2 Å². The number of hydrogen-bond acceptors (Lipinski definition) is 3. The highest BCUT2D eigenvalue weighted by atomic mass is 19.4. The van der Waals surface area contributed by atoms with Crippen molar-refractivity contribution in [2.24, 2.45) is 0 Å². The van der Waals surface area contributed by atoms with Gasteiger partial charge in [0.25, 0.3) is 5.60 Å². The van der Waals surface area contributed by atoms with Crippen LogP contribution in [0, 0.1) is 0 Å². The van der Waals surface area contributed by atoms with E-state index in [1.54, 1.807) is 0 Å². The van der Waals surface area contributed by atoms with Crippen LogP contribution in [0.2, 0.25) is 0 Å². The normalized spacial score (nSPS) is 15.5. The summed E-state index contributed by atoms with van der Waals surface area (Å²) in [6.07, 6.45) is -2.68. The lowest BCUT2D eigenvalue weighted by Crippen LogP contribution is -2.43. The van der Waals surface area contributed by atoms with Gasteiger partial charge < -0.3 is 9.52 Å². The number of nitrogens with zero attached hydrogens (tertiary/aromatic N) is 1. The predicted molar refractivity (Wildman–Crippen MR) is 52.0 cm³/mol. The summed E-state index contributed by atoms with van der Waals surface area (Å²) in [6, 6.07) is 6.25. The fraction of sp³-hybridized carbons (Fsp3) is 0.182. The van der Waals surface area contributed by atoms with Crippen LogP contribution in [0.3, 0.4) is 0 Å². The van der Waals surface area contributed by atoms with E-state index in [0.717, 1.165) is 18.4 Å². The van der Waals surface area contributed by atoms with E-state index in [-0.39, 0.29) is 0 Å². The molecule has 0 aliphatic heterocycles. The van der Waals surface area contributed by atoms with Crippen LogP contribution in [0.25, 0.3) is 0 Å². The van der Waals surface area contributed by atoms with Crippen molar-refractivity contribution >= 4 is 0 Å². The van der Waals surface area contributed by atoms with Gasteiger partial charge >= 0.3 is 6.18 Å². The summed E-state index contributed by atoms with van der Waals surface area (Å²) in [5.41, 5.74) is -3.75. The molecule has 0 bridgehead atoms. The van der Waals surface area contributed by atoms with E-state index in [0.29, 0.717) is 0 Å². The number of alkyl halides is 3. The molecule has 1 N–H and O–H groups in total. The van der Waals surface area contributed by atoms with Crippen molar-refractivity contribution in [2.75, 3.05) is 0 Å². The lowest BCUT2D eigenvalue weighted by molar-refractivity contribution is -0.255. The molecular formula is C11H8F3NO2. The first-order chi connectivity index (χ1) is 7.96. The average Bonchev–Trinajstić information content (AvgIpc) is 2.81. The first-order valence-electron chi connectivity index (χ1n) is 4.71. The summed E-state index contributed by atoms with van der Waals surface area (Å²) in [5, 5.41) is 9.90. The Labute approximate surface area is 94.5 Å². The molecule has 0 amide bonds. The Morgan fingerprint density at radius 2 is 1.88 bits per heavy atom. The zero-order chi connectivity index (χ0) is 12.5. The van der Waals surface area contributed by atoms with Crippen molar-refractivity contribution in [1.82, 2.24) is 4.98 Å². The molecule has 2 heterocycles. The summed E-state index contributed by atoms with van der Waals surface area (Å²) in [4.78, 5) is 3.54. The molecule has 0 saturated carbocycles. The van der Waals surface area contributed by atoms with Gasteiger partial charge in [0, 0.05) is 6.20 Å². The first kappa shape index (κ1) is 11.7. The lowest BCUT2D eigenvalue weighted by atomic mass is 9.95. The van der Waals surface area contributed by atoms with Gasteiger partial charge in [0.2, 0.25) is 0 Å². The standard InChI is InChI=1S/C11H8F3NO2/c12-11(13,14)10(16,9-5-3-7-17-9)8-4-1-2-6-15-8/h1-7,16H. The molecule has 1 atom stereocenters. The van der Waals surface area contributed by atoms with Gasteiger partial charge in [-0.05, 0) is 24.3 Å². The van der Waals surface area contributed by atoms with Gasteiger partial charge in [-0.1, -0.05) is 6.07 Å². The Kier molecular flexibility index (Phi) is 2.66. The summed E-state index contributed by atoms with van der Waals surface area (Å²) >= 11 is 0. The van der Waals surface area contributed by atoms with Crippen LogP contribution in [0.4, 0.5) is 13.2 Å². The Hall–Kier alpha value is -1.82. The number of furan rings is 1. The number of aliphatic hydroxyl groups is 1. The summed E-state index contributed by atoms with van der Waals surface area (Å²) in [7, 11) is 0. The zero-order valence-electron chi connectivity index (χ0n) is 8.48. The van der Waals surface area contributed by atoms with Crippen molar-refractivity contribution in [3.05, 3.63) is 54.2 Å². The van der Waals surface area contributed by atoms with Crippen LogP contribution < -0.4 is 0 Å². The molecule has 1 unspecified atom stereocenters. The lowest BCUT2D eigenvalue weighted by Gasteiger charge is -2.27. The Morgan fingerprint density at radius 3 is 2.35 bits per heavy atom. The molecule has 17 heavy (non-hydrogen) atoms. The van der Waals surface area contributed by atoms with E-state index in [2.05, 4.69) is 9.40 Å². The molecule has 0 aliphatic rings. The number of halogens is 3. The van der Waals surface area contributed by atoms with Crippen molar-refractivity contribution in [3.63, 3.8) is 0 Å². The molecular weight excluding hydrogens is 235 g/mol. The maximum absolute atomic E-state index is 13.0. The van der Waals surface area contributed by atoms with Crippen molar-refractivity contribution in [2.45, 2.75) is 11.8 Å². The topological polar surface area (TPSA) is 46.3 Å². The summed E-state index contributed by atoms with van der Waals surface area (Å²) in [6.45, 7) is 0. The van der Waals surface area contributed by atoms with Crippen LogP contribution in [-0.2, 0) is 5.60 Å². The number of rotatable bonds is 2. The Morgan fingerprint density at radius 1 is 1.12 bits per heavy atom. The molecule has 90 valence electrons. The van der Waals surface area contributed by atoms with Crippen molar-refractivity contribution in [3.8, 4) is 0 Å². The van der Waals surface area contributed by atoms with Crippen LogP contribution in [-0.4, -0.2) is 16.3 Å². The molecule has 2 aromatic heterocycles. The van der Waals surface area contributed by atoms with Crippen molar-refractivity contribution in [1.29, 1.82) is 0 Å². The highest BCUT2D eigenvalue weighted by Gasteiger charge is 2.59. The first-order valence-corrected chi connectivity index (χ1v) is 4.71. The van der Waals surface area contributed by atoms with Crippen LogP contribution in [0.1, 0.15) is 11.5 Å². The second-order valence-electron chi connectivity index (χ2n) is 3.40. The van der Waals surface area contributed by atoms with E-state index in [1.165, 1.54) is 24.4 Å². The predicted octanol–water partition coefficient (Wildman–Crippen LogP) is 2.47. The third kappa shape index (κ3) is 1.80. The van der Waals surface area contributed by atoms with Crippen LogP contribution in [0.15, 0.2) is 47.2 Å². The third-order valence-corrected chi connectivity index (χ3v) is 2.32. The number of aromatic nitrogens is 1. The molecule has 3 nitrogen and oxygen atoms in total. The largest absolute Gasteiger partial charge is 0.465 e. The molecule has 0 aliphatic carbocycles. The van der Waals surface area contributed by atoms with E-state index in [9.17, 15) is 18.3 Å². The third-order valence-electron chi connectivity index (χ3n) is 2.32. The molecule has 2 aromatic rings. The minimum absolute atomic E-state index is 0.526. The molecule has 0 radical (unpaired) electrons. The van der Waals surface area contributed by atoms with Crippen LogP contribution >= 0.6 is 0 Å². The minimum atomic E-state index is -4.92. The molecule has 0 saturated heterocycles. The molecule has 0 fully saturated rings. The Balaban J connectivity index is 2.61. The van der Waals surface area contributed by atoms with Gasteiger partial charge in [-0.25, -0.2) is 0 Å². The number of pyridine rings is 1. The van der Waals surface area contributed by atoms with Gasteiger partial charge in [0.1, 0.15) is 0 Å². The van der Waals surface area contributed by atoms with Gasteiger partial charge in [-0.3, -0.25) is 4.98 Å². The smallest absolute Gasteiger partial charge is 0.430 e. The molecule has 0 spiro atoms. The van der Waals surface area contributed by atoms with E-state index in [1.807, 2.05) is 0 Å². The highest BCUT2D eigenvalue weighted by Crippen LogP contribution is 2.43. The second kappa shape index (κ2) is 3.89. The molecule has 6 heteroatoms. The zero-order valence-corrected chi connectivity index (χ0v) is 8.48. The maximum atomic E-state index is 13.0.